The number of amides is 4. The molecule has 7 heteroatoms. The van der Waals surface area contributed by atoms with Crippen molar-refractivity contribution in [1.82, 2.24) is 15.5 Å². The van der Waals surface area contributed by atoms with Crippen molar-refractivity contribution >= 4 is 17.8 Å². The highest BCUT2D eigenvalue weighted by Gasteiger charge is 2.31. The van der Waals surface area contributed by atoms with Gasteiger partial charge in [-0.05, 0) is 37.3 Å². The van der Waals surface area contributed by atoms with Crippen LogP contribution in [0.3, 0.4) is 0 Å². The molecule has 1 aromatic carbocycles. The fourth-order valence-electron chi connectivity index (χ4n) is 3.20. The van der Waals surface area contributed by atoms with Crippen molar-refractivity contribution in [2.24, 2.45) is 11.7 Å². The van der Waals surface area contributed by atoms with E-state index in [0.29, 0.717) is 31.5 Å². The molecule has 1 aliphatic heterocycles. The predicted octanol–water partition coefficient (Wildman–Crippen LogP) is 1.41. The fraction of sp³-hybridized carbons (Fsp3) is 0.526. The van der Waals surface area contributed by atoms with E-state index >= 15 is 0 Å². The summed E-state index contributed by atoms with van der Waals surface area (Å²) in [4.78, 5) is 38.2. The molecule has 26 heavy (non-hydrogen) atoms. The third-order valence-corrected chi connectivity index (χ3v) is 4.76. The van der Waals surface area contributed by atoms with Crippen molar-refractivity contribution in [1.29, 1.82) is 0 Å². The van der Waals surface area contributed by atoms with E-state index in [0.717, 1.165) is 5.56 Å². The number of carbonyl (C=O) groups excluding carboxylic acids is 3. The molecule has 0 aromatic heterocycles. The molecule has 0 bridgehead atoms. The number of nitrogens with zero attached hydrogens (tertiary/aromatic N) is 1. The van der Waals surface area contributed by atoms with E-state index in [9.17, 15) is 14.4 Å². The average Bonchev–Trinajstić information content (AvgIpc) is 2.59. The van der Waals surface area contributed by atoms with Crippen molar-refractivity contribution in [3.8, 4) is 0 Å². The number of likely N-dealkylation sites (tertiary alicyclic amines) is 1. The van der Waals surface area contributed by atoms with Crippen molar-refractivity contribution in [2.45, 2.75) is 45.7 Å². The van der Waals surface area contributed by atoms with Gasteiger partial charge in [0.05, 0.1) is 0 Å². The van der Waals surface area contributed by atoms with E-state index in [1.165, 1.54) is 0 Å². The number of aryl methyl sites for hydroxylation is 1. The van der Waals surface area contributed by atoms with Crippen LogP contribution in [-0.4, -0.2) is 47.9 Å². The highest BCUT2D eigenvalue weighted by molar-refractivity contribution is 5.98. The summed E-state index contributed by atoms with van der Waals surface area (Å²) in [5.74, 6) is -0.350. The van der Waals surface area contributed by atoms with E-state index in [1.807, 2.05) is 39.0 Å². The van der Waals surface area contributed by atoms with Crippen LogP contribution in [0.15, 0.2) is 24.3 Å². The molecule has 7 nitrogen and oxygen atoms in total. The van der Waals surface area contributed by atoms with Crippen LogP contribution in [0.2, 0.25) is 0 Å². The van der Waals surface area contributed by atoms with Gasteiger partial charge in [0.25, 0.3) is 5.91 Å². The van der Waals surface area contributed by atoms with Gasteiger partial charge in [-0.25, -0.2) is 4.79 Å². The highest BCUT2D eigenvalue weighted by atomic mass is 16.2. The second-order valence-electron chi connectivity index (χ2n) is 7.12. The van der Waals surface area contributed by atoms with Crippen LogP contribution < -0.4 is 16.4 Å². The average molecular weight is 360 g/mol. The molecule has 1 saturated heterocycles. The van der Waals surface area contributed by atoms with E-state index in [1.54, 1.807) is 11.0 Å². The van der Waals surface area contributed by atoms with Crippen LogP contribution in [0.25, 0.3) is 0 Å². The van der Waals surface area contributed by atoms with Crippen LogP contribution in [0.4, 0.5) is 4.79 Å². The number of nitrogens with one attached hydrogen (secondary N) is 2. The molecule has 4 amide bonds. The van der Waals surface area contributed by atoms with Crippen LogP contribution in [0.1, 0.15) is 42.6 Å². The Bertz CT molecular complexity index is 667. The topological polar surface area (TPSA) is 105 Å². The number of benzene rings is 1. The summed E-state index contributed by atoms with van der Waals surface area (Å²) in [6, 6.07) is 6.19. The molecule has 0 saturated carbocycles. The first kappa shape index (κ1) is 19.8. The Kier molecular flexibility index (Phi) is 6.60. The zero-order valence-electron chi connectivity index (χ0n) is 15.6. The summed E-state index contributed by atoms with van der Waals surface area (Å²) in [6.45, 7) is 6.78. The maximum atomic E-state index is 12.9. The fourth-order valence-corrected chi connectivity index (χ4v) is 3.20. The zero-order valence-corrected chi connectivity index (χ0v) is 15.6. The summed E-state index contributed by atoms with van der Waals surface area (Å²) < 4.78 is 0. The van der Waals surface area contributed by atoms with Crippen molar-refractivity contribution in [3.05, 3.63) is 35.4 Å². The third-order valence-electron chi connectivity index (χ3n) is 4.76. The number of urea groups is 1. The summed E-state index contributed by atoms with van der Waals surface area (Å²) in [5, 5.41) is 5.58. The Hall–Kier alpha value is -2.57. The maximum absolute atomic E-state index is 12.9. The lowest BCUT2D eigenvalue weighted by Gasteiger charge is -2.35. The molecule has 0 spiro atoms. The van der Waals surface area contributed by atoms with E-state index < -0.39 is 12.1 Å². The van der Waals surface area contributed by atoms with Gasteiger partial charge >= 0.3 is 6.03 Å². The number of nitrogens with two attached hydrogens (primary N) is 1. The first-order valence-corrected chi connectivity index (χ1v) is 9.01. The molecule has 142 valence electrons. The highest BCUT2D eigenvalue weighted by Crippen LogP contribution is 2.15. The quantitative estimate of drug-likeness (QED) is 0.739. The second-order valence-corrected chi connectivity index (χ2v) is 7.12. The Morgan fingerprint density at radius 2 is 1.77 bits per heavy atom. The second kappa shape index (κ2) is 8.69. The summed E-state index contributed by atoms with van der Waals surface area (Å²) in [5.41, 5.74) is 6.60. The molecule has 0 aliphatic carbocycles. The van der Waals surface area contributed by atoms with Gasteiger partial charge in [-0.1, -0.05) is 32.0 Å². The van der Waals surface area contributed by atoms with Gasteiger partial charge in [0.2, 0.25) is 5.91 Å². The number of primary amides is 1. The first-order valence-electron chi connectivity index (χ1n) is 9.01. The van der Waals surface area contributed by atoms with Crippen LogP contribution in [0, 0.1) is 12.8 Å². The molecule has 1 atom stereocenters. The molecule has 2 rings (SSSR count). The predicted molar refractivity (Wildman–Crippen MR) is 99.6 cm³/mol. The van der Waals surface area contributed by atoms with Crippen molar-refractivity contribution < 1.29 is 14.4 Å². The molecule has 0 radical (unpaired) electrons. The lowest BCUT2D eigenvalue weighted by Crippen LogP contribution is -2.55. The standard InChI is InChI=1S/C19H28N4O3/c1-12(2)16(22-17(24)15-7-5-4-6-13(15)3)18(25)23-10-8-14(9-11-23)21-19(20)26/h4-7,12,14,16H,8-11H2,1-3H3,(H,22,24)(H3,20,21,26). The number of hydrogen-bond donors (Lipinski definition) is 3. The molecule has 1 fully saturated rings. The summed E-state index contributed by atoms with van der Waals surface area (Å²) in [6.07, 6.45) is 1.32. The monoisotopic (exact) mass is 360 g/mol. The SMILES string of the molecule is Cc1ccccc1C(=O)NC(C(=O)N1CCC(NC(N)=O)CC1)C(C)C. The van der Waals surface area contributed by atoms with E-state index in [2.05, 4.69) is 10.6 Å². The van der Waals surface area contributed by atoms with Gasteiger partial charge in [-0.15, -0.1) is 0 Å². The molecule has 4 N–H and O–H groups in total. The number of carbonyl (C=O) groups is 3. The summed E-state index contributed by atoms with van der Waals surface area (Å²) in [7, 11) is 0. The minimum Gasteiger partial charge on any atom is -0.352 e. The number of hydrogen-bond acceptors (Lipinski definition) is 3. The lowest BCUT2D eigenvalue weighted by molar-refractivity contribution is -0.135. The smallest absolute Gasteiger partial charge is 0.312 e. The van der Waals surface area contributed by atoms with Gasteiger partial charge in [-0.2, -0.15) is 0 Å². The lowest BCUT2D eigenvalue weighted by atomic mass is 9.98. The Morgan fingerprint density at radius 3 is 2.31 bits per heavy atom. The Morgan fingerprint density at radius 1 is 1.15 bits per heavy atom. The minimum absolute atomic E-state index is 0.00407. The van der Waals surface area contributed by atoms with Crippen LogP contribution in [0.5, 0.6) is 0 Å². The third kappa shape index (κ3) is 4.97. The van der Waals surface area contributed by atoms with Gasteiger partial charge in [0.1, 0.15) is 6.04 Å². The minimum atomic E-state index is -0.581. The number of piperidine rings is 1. The molecular weight excluding hydrogens is 332 g/mol. The Balaban J connectivity index is 2.01. The molecule has 1 aliphatic rings. The molecule has 1 heterocycles. The van der Waals surface area contributed by atoms with Crippen LogP contribution >= 0.6 is 0 Å². The van der Waals surface area contributed by atoms with Crippen molar-refractivity contribution in [2.75, 3.05) is 13.1 Å². The molecule has 1 unspecified atom stereocenters. The first-order chi connectivity index (χ1) is 12.3. The molecular formula is C19H28N4O3. The maximum Gasteiger partial charge on any atom is 0.312 e. The van der Waals surface area contributed by atoms with Gasteiger partial charge in [-0.3, -0.25) is 9.59 Å². The van der Waals surface area contributed by atoms with E-state index in [4.69, 9.17) is 5.73 Å². The number of rotatable bonds is 5. The zero-order chi connectivity index (χ0) is 19.3. The van der Waals surface area contributed by atoms with E-state index in [-0.39, 0.29) is 23.8 Å². The Labute approximate surface area is 154 Å². The largest absolute Gasteiger partial charge is 0.352 e. The molecule has 1 aromatic rings. The van der Waals surface area contributed by atoms with Crippen molar-refractivity contribution in [3.63, 3.8) is 0 Å². The van der Waals surface area contributed by atoms with Gasteiger partial charge in [0, 0.05) is 24.7 Å². The normalized spacial score (nSPS) is 16.2. The van der Waals surface area contributed by atoms with Gasteiger partial charge < -0.3 is 21.3 Å². The van der Waals surface area contributed by atoms with Crippen LogP contribution in [-0.2, 0) is 4.79 Å². The summed E-state index contributed by atoms with van der Waals surface area (Å²) >= 11 is 0. The van der Waals surface area contributed by atoms with Gasteiger partial charge in [0.15, 0.2) is 0 Å².